The molecule has 5 rings (SSSR count). The van der Waals surface area contributed by atoms with Gasteiger partial charge in [-0.05, 0) is 52.6 Å². The van der Waals surface area contributed by atoms with E-state index in [1.165, 1.54) is 11.1 Å². The number of hydrogen-bond donors (Lipinski definition) is 1. The number of aromatic hydroxyl groups is 1. The van der Waals surface area contributed by atoms with Crippen molar-refractivity contribution < 1.29 is 5.11 Å². The van der Waals surface area contributed by atoms with Crippen molar-refractivity contribution in [3.63, 3.8) is 0 Å². The van der Waals surface area contributed by atoms with Gasteiger partial charge in [0.25, 0.3) is 0 Å². The van der Waals surface area contributed by atoms with E-state index in [9.17, 15) is 5.11 Å². The van der Waals surface area contributed by atoms with Crippen molar-refractivity contribution in [2.45, 2.75) is 65.7 Å². The Bertz CT molecular complexity index is 1470. The summed E-state index contributed by atoms with van der Waals surface area (Å²) in [6.07, 6.45) is 1.03. The lowest BCUT2D eigenvalue weighted by atomic mass is 9.70. The molecule has 0 aliphatic carbocycles. The number of aromatic nitrogens is 3. The van der Waals surface area contributed by atoms with Crippen molar-refractivity contribution in [1.82, 2.24) is 14.1 Å². The lowest BCUT2D eigenvalue weighted by Crippen LogP contribution is -2.27. The molecule has 4 nitrogen and oxygen atoms in total. The first-order chi connectivity index (χ1) is 15.8. The monoisotopic (exact) mass is 475 g/mol. The molecule has 0 amide bonds. The maximum absolute atomic E-state index is 11.7. The topological polar surface area (TPSA) is 34.0 Å². The smallest absolute Gasteiger partial charge is 0.147 e. The van der Waals surface area contributed by atoms with E-state index in [0.29, 0.717) is 10.8 Å². The Balaban J connectivity index is 1.74. The molecular formula is C29H34ClN3O. The van der Waals surface area contributed by atoms with E-state index < -0.39 is 0 Å². The predicted molar refractivity (Wildman–Crippen MR) is 141 cm³/mol. The second kappa shape index (κ2) is 7.32. The van der Waals surface area contributed by atoms with Gasteiger partial charge in [0.05, 0.1) is 0 Å². The van der Waals surface area contributed by atoms with Gasteiger partial charge >= 0.3 is 0 Å². The van der Waals surface area contributed by atoms with Crippen molar-refractivity contribution in [1.29, 1.82) is 0 Å². The summed E-state index contributed by atoms with van der Waals surface area (Å²) >= 11 is 6.25. The fourth-order valence-corrected chi connectivity index (χ4v) is 5.76. The molecule has 1 N–H and O–H groups in total. The Morgan fingerprint density at radius 3 is 2.06 bits per heavy atom. The predicted octanol–water partition coefficient (Wildman–Crippen LogP) is 7.82. The molecule has 2 aromatic heterocycles. The fraction of sp³-hybridized carbons (Fsp3) is 0.379. The first-order valence-corrected chi connectivity index (χ1v) is 12.3. The number of fused-ring (bicyclic) bond motifs is 4. The van der Waals surface area contributed by atoms with Crippen molar-refractivity contribution in [3.05, 3.63) is 82.4 Å². The van der Waals surface area contributed by atoms with Gasteiger partial charge in [-0.25, -0.2) is 0 Å². The maximum atomic E-state index is 11.7. The molecule has 0 aliphatic rings. The van der Waals surface area contributed by atoms with Gasteiger partial charge in [-0.2, -0.15) is 0 Å². The lowest BCUT2D eigenvalue weighted by Gasteiger charge is -2.35. The van der Waals surface area contributed by atoms with Crippen LogP contribution in [0.4, 0.5) is 0 Å². The van der Waals surface area contributed by atoms with Gasteiger partial charge in [0, 0.05) is 16.0 Å². The summed E-state index contributed by atoms with van der Waals surface area (Å²) < 4.78 is 4.12. The van der Waals surface area contributed by atoms with Crippen molar-refractivity contribution in [3.8, 4) is 11.4 Å². The SMILES string of the molecule is CC(C)(C)CC(C)(C)c1cc(-n2n3c4ccc(Cl)cc4n23)c(O)c(C(C)(C)c2ccccc2)c1. The minimum Gasteiger partial charge on any atom is -0.505 e. The zero-order valence-electron chi connectivity index (χ0n) is 21.1. The molecule has 0 spiro atoms. The molecule has 0 atom stereocenters. The Morgan fingerprint density at radius 2 is 1.41 bits per heavy atom. The standard InChI is InChI=1S/C29H34ClN3O/c1-27(2,3)18-28(4,5)20-15-22(29(6,7)19-11-9-8-10-12-19)26(34)25(16-20)33-31-23-14-13-21(30)17-24(23)32(31)33/h8-17,34H,18H2,1-7H3. The molecule has 5 aromatic rings. The zero-order valence-corrected chi connectivity index (χ0v) is 21.9. The van der Waals surface area contributed by atoms with Crippen molar-refractivity contribution in [2.75, 3.05) is 0 Å². The molecular weight excluding hydrogens is 442 g/mol. The highest BCUT2D eigenvalue weighted by atomic mass is 35.5. The Morgan fingerprint density at radius 1 is 0.765 bits per heavy atom. The summed E-state index contributed by atoms with van der Waals surface area (Å²) in [6.45, 7) is 15.8. The van der Waals surface area contributed by atoms with Gasteiger partial charge in [-0.15, -0.1) is 14.1 Å². The molecule has 34 heavy (non-hydrogen) atoms. The molecule has 0 saturated carbocycles. The van der Waals surface area contributed by atoms with Gasteiger partial charge in [0.15, 0.2) is 0 Å². The highest BCUT2D eigenvalue weighted by Gasteiger charge is 2.35. The van der Waals surface area contributed by atoms with Gasteiger partial charge in [-0.1, -0.05) is 96.5 Å². The Hall–Kier alpha value is -2.85. The average Bonchev–Trinajstić information content (AvgIpc) is 3.40. The number of nitrogens with zero attached hydrogens (tertiary/aromatic N) is 3. The van der Waals surface area contributed by atoms with E-state index >= 15 is 0 Å². The zero-order chi connectivity index (χ0) is 24.6. The third-order valence-corrected chi connectivity index (χ3v) is 7.34. The van der Waals surface area contributed by atoms with Crippen LogP contribution in [-0.4, -0.2) is 19.2 Å². The summed E-state index contributed by atoms with van der Waals surface area (Å²) in [5.41, 5.74) is 6.01. The molecule has 0 aliphatic heterocycles. The lowest BCUT2D eigenvalue weighted by molar-refractivity contribution is 0.283. The van der Waals surface area contributed by atoms with Gasteiger partial charge in [0.1, 0.15) is 22.5 Å². The first kappa shape index (κ1) is 22.9. The summed E-state index contributed by atoms with van der Waals surface area (Å²) in [5, 5.41) is 12.4. The fourth-order valence-electron chi connectivity index (χ4n) is 5.60. The highest BCUT2D eigenvalue weighted by molar-refractivity contribution is 6.31. The van der Waals surface area contributed by atoms with Crippen LogP contribution in [0.2, 0.25) is 5.02 Å². The number of halogens is 1. The molecule has 0 fully saturated rings. The molecule has 0 unspecified atom stereocenters. The molecule has 2 heterocycles. The van der Waals surface area contributed by atoms with E-state index in [0.717, 1.165) is 28.7 Å². The quantitative estimate of drug-likeness (QED) is 0.276. The van der Waals surface area contributed by atoms with E-state index in [1.807, 2.05) is 29.1 Å². The minimum atomic E-state index is -0.371. The molecule has 3 aromatic carbocycles. The normalized spacial score (nSPS) is 13.5. The van der Waals surface area contributed by atoms with Crippen LogP contribution in [0, 0.1) is 5.41 Å². The van der Waals surface area contributed by atoms with Gasteiger partial charge in [-0.3, -0.25) is 0 Å². The largest absolute Gasteiger partial charge is 0.505 e. The summed E-state index contributed by atoms with van der Waals surface area (Å²) in [7, 11) is 0. The summed E-state index contributed by atoms with van der Waals surface area (Å²) in [6, 6.07) is 20.7. The van der Waals surface area contributed by atoms with Gasteiger partial charge in [0.2, 0.25) is 0 Å². The maximum Gasteiger partial charge on any atom is 0.147 e. The molecule has 0 radical (unpaired) electrons. The second-order valence-electron chi connectivity index (χ2n) is 12.0. The number of phenolic OH excluding ortho intramolecular Hbond substituents is 1. The molecule has 0 saturated heterocycles. The third-order valence-electron chi connectivity index (χ3n) is 7.10. The summed E-state index contributed by atoms with van der Waals surface area (Å²) in [5.74, 6) is 0.315. The van der Waals surface area contributed by atoms with Gasteiger partial charge < -0.3 is 5.11 Å². The molecule has 0 bridgehead atoms. The second-order valence-corrected chi connectivity index (χ2v) is 12.4. The number of rotatable bonds is 5. The molecule has 5 heteroatoms. The highest BCUT2D eigenvalue weighted by Crippen LogP contribution is 2.45. The van der Waals surface area contributed by atoms with Crippen molar-refractivity contribution >= 4 is 22.6 Å². The van der Waals surface area contributed by atoms with E-state index in [1.54, 1.807) is 0 Å². The summed E-state index contributed by atoms with van der Waals surface area (Å²) in [4.78, 5) is 2.04. The number of phenols is 1. The van der Waals surface area contributed by atoms with Crippen LogP contribution in [0.25, 0.3) is 16.7 Å². The van der Waals surface area contributed by atoms with Crippen molar-refractivity contribution in [2.24, 2.45) is 5.41 Å². The van der Waals surface area contributed by atoms with Crippen LogP contribution in [0.5, 0.6) is 5.75 Å². The van der Waals surface area contributed by atoms with Crippen LogP contribution < -0.4 is 0 Å². The van der Waals surface area contributed by atoms with Crippen LogP contribution in [0.1, 0.15) is 71.6 Å². The van der Waals surface area contributed by atoms with Crippen LogP contribution in [-0.2, 0) is 10.8 Å². The Labute approximate surface area is 206 Å². The molecule has 178 valence electrons. The average molecular weight is 476 g/mol. The minimum absolute atomic E-state index is 0.0713. The van der Waals surface area contributed by atoms with Crippen LogP contribution >= 0.6 is 11.6 Å². The van der Waals surface area contributed by atoms with E-state index in [2.05, 4.69) is 94.1 Å². The number of benzene rings is 3. The van der Waals surface area contributed by atoms with E-state index in [-0.39, 0.29) is 16.2 Å². The number of hydrogen-bond acceptors (Lipinski definition) is 1. The first-order valence-electron chi connectivity index (χ1n) is 11.9. The third kappa shape index (κ3) is 3.60. The van der Waals surface area contributed by atoms with Crippen LogP contribution in [0.3, 0.4) is 0 Å². The van der Waals surface area contributed by atoms with Crippen LogP contribution in [0.15, 0.2) is 60.7 Å². The Kier molecular flexibility index (Phi) is 4.94. The van der Waals surface area contributed by atoms with E-state index in [4.69, 9.17) is 11.6 Å².